The van der Waals surface area contributed by atoms with Gasteiger partial charge in [0.15, 0.2) is 0 Å². The second kappa shape index (κ2) is 4.80. The Labute approximate surface area is 103 Å². The lowest BCUT2D eigenvalue weighted by Crippen LogP contribution is -2.55. The van der Waals surface area contributed by atoms with Gasteiger partial charge in [-0.25, -0.2) is 0 Å². The summed E-state index contributed by atoms with van der Waals surface area (Å²) in [6.07, 6.45) is 1.97. The fourth-order valence-corrected chi connectivity index (χ4v) is 2.17. The molecule has 0 aromatic carbocycles. The number of hydrogen-bond donors (Lipinski definition) is 3. The van der Waals surface area contributed by atoms with Crippen molar-refractivity contribution >= 4 is 0 Å². The summed E-state index contributed by atoms with van der Waals surface area (Å²) in [7, 11) is 0. The first kappa shape index (κ1) is 12.6. The molecular formula is C13H23N3O. The van der Waals surface area contributed by atoms with Crippen molar-refractivity contribution in [2.24, 2.45) is 11.1 Å². The molecule has 0 aliphatic carbocycles. The van der Waals surface area contributed by atoms with Gasteiger partial charge in [-0.3, -0.25) is 0 Å². The SMILES string of the molecule is CC(C)(CNCC1(CN)COC1)c1ccc[nH]1. The number of aromatic nitrogens is 1. The smallest absolute Gasteiger partial charge is 0.0569 e. The van der Waals surface area contributed by atoms with Gasteiger partial charge in [0.05, 0.1) is 13.2 Å². The Balaban J connectivity index is 1.82. The van der Waals surface area contributed by atoms with Gasteiger partial charge in [-0.05, 0) is 12.1 Å². The molecule has 1 aromatic rings. The van der Waals surface area contributed by atoms with Crippen LogP contribution in [0.25, 0.3) is 0 Å². The molecule has 1 fully saturated rings. The highest BCUT2D eigenvalue weighted by molar-refractivity contribution is 5.15. The zero-order valence-corrected chi connectivity index (χ0v) is 10.8. The summed E-state index contributed by atoms with van der Waals surface area (Å²) >= 11 is 0. The van der Waals surface area contributed by atoms with Crippen molar-refractivity contribution in [3.63, 3.8) is 0 Å². The Morgan fingerprint density at radius 2 is 2.29 bits per heavy atom. The van der Waals surface area contributed by atoms with E-state index in [1.54, 1.807) is 0 Å². The third-order valence-electron chi connectivity index (χ3n) is 3.64. The van der Waals surface area contributed by atoms with Gasteiger partial charge in [0.1, 0.15) is 0 Å². The molecule has 1 aliphatic heterocycles. The average Bonchev–Trinajstić information content (AvgIpc) is 2.76. The van der Waals surface area contributed by atoms with Crippen LogP contribution >= 0.6 is 0 Å². The highest BCUT2D eigenvalue weighted by atomic mass is 16.5. The van der Waals surface area contributed by atoms with E-state index in [1.165, 1.54) is 5.69 Å². The second-order valence-electron chi connectivity index (χ2n) is 5.77. The van der Waals surface area contributed by atoms with E-state index in [-0.39, 0.29) is 10.8 Å². The van der Waals surface area contributed by atoms with Crippen molar-refractivity contribution < 1.29 is 4.74 Å². The maximum absolute atomic E-state index is 5.79. The predicted octanol–water partition coefficient (Wildman–Crippen LogP) is 0.857. The summed E-state index contributed by atoms with van der Waals surface area (Å²) in [5, 5.41) is 3.53. The van der Waals surface area contributed by atoms with E-state index in [1.807, 2.05) is 12.3 Å². The first-order valence-corrected chi connectivity index (χ1v) is 6.20. The van der Waals surface area contributed by atoms with Crippen LogP contribution in [0.2, 0.25) is 0 Å². The van der Waals surface area contributed by atoms with Gasteiger partial charge in [-0.1, -0.05) is 13.8 Å². The van der Waals surface area contributed by atoms with Gasteiger partial charge in [-0.15, -0.1) is 0 Å². The lowest BCUT2D eigenvalue weighted by molar-refractivity contribution is -0.105. The van der Waals surface area contributed by atoms with Crippen LogP contribution in [0.3, 0.4) is 0 Å². The Morgan fingerprint density at radius 1 is 1.53 bits per heavy atom. The fraction of sp³-hybridized carbons (Fsp3) is 0.692. The highest BCUT2D eigenvalue weighted by Gasteiger charge is 2.37. The predicted molar refractivity (Wildman–Crippen MR) is 69.0 cm³/mol. The molecule has 0 amide bonds. The highest BCUT2D eigenvalue weighted by Crippen LogP contribution is 2.26. The first-order valence-electron chi connectivity index (χ1n) is 6.20. The van der Waals surface area contributed by atoms with Gasteiger partial charge < -0.3 is 20.8 Å². The Bertz CT molecular complexity index is 336. The summed E-state index contributed by atoms with van der Waals surface area (Å²) < 4.78 is 5.26. The molecule has 2 rings (SSSR count). The van der Waals surface area contributed by atoms with Crippen molar-refractivity contribution in [1.29, 1.82) is 0 Å². The van der Waals surface area contributed by atoms with E-state index >= 15 is 0 Å². The lowest BCUT2D eigenvalue weighted by atomic mass is 9.84. The standard InChI is InChI=1S/C13H23N3O/c1-12(2,11-4-3-5-16-11)7-15-8-13(6-14)9-17-10-13/h3-5,15-16H,6-10,14H2,1-2H3. The largest absolute Gasteiger partial charge is 0.380 e. The van der Waals surface area contributed by atoms with E-state index in [9.17, 15) is 0 Å². The summed E-state index contributed by atoms with van der Waals surface area (Å²) in [6, 6.07) is 4.17. The molecule has 2 heterocycles. The minimum atomic E-state index is 0.115. The lowest BCUT2D eigenvalue weighted by Gasteiger charge is -2.41. The maximum Gasteiger partial charge on any atom is 0.0569 e. The molecule has 4 heteroatoms. The number of nitrogens with two attached hydrogens (primary N) is 1. The number of ether oxygens (including phenoxy) is 1. The Hall–Kier alpha value is -0.840. The molecular weight excluding hydrogens is 214 g/mol. The molecule has 17 heavy (non-hydrogen) atoms. The molecule has 4 nitrogen and oxygen atoms in total. The maximum atomic E-state index is 5.79. The van der Waals surface area contributed by atoms with Crippen LogP contribution in [0.4, 0.5) is 0 Å². The molecule has 0 saturated carbocycles. The van der Waals surface area contributed by atoms with E-state index < -0.39 is 0 Å². The van der Waals surface area contributed by atoms with E-state index in [0.29, 0.717) is 6.54 Å². The van der Waals surface area contributed by atoms with E-state index in [2.05, 4.69) is 30.2 Å². The van der Waals surface area contributed by atoms with Crippen LogP contribution in [0.5, 0.6) is 0 Å². The van der Waals surface area contributed by atoms with Gasteiger partial charge in [0, 0.05) is 42.4 Å². The van der Waals surface area contributed by atoms with Crippen molar-refractivity contribution in [2.75, 3.05) is 32.8 Å². The number of nitrogens with one attached hydrogen (secondary N) is 2. The molecule has 1 saturated heterocycles. The first-order chi connectivity index (χ1) is 8.08. The Kier molecular flexibility index (Phi) is 3.56. The van der Waals surface area contributed by atoms with Gasteiger partial charge in [0.25, 0.3) is 0 Å². The topological polar surface area (TPSA) is 63.1 Å². The quantitative estimate of drug-likeness (QED) is 0.687. The van der Waals surface area contributed by atoms with Crippen LogP contribution in [-0.4, -0.2) is 37.8 Å². The number of hydrogen-bond acceptors (Lipinski definition) is 3. The second-order valence-corrected chi connectivity index (χ2v) is 5.77. The minimum Gasteiger partial charge on any atom is -0.380 e. The summed E-state index contributed by atoms with van der Waals surface area (Å²) in [4.78, 5) is 3.28. The molecule has 0 spiro atoms. The van der Waals surface area contributed by atoms with Crippen LogP contribution in [-0.2, 0) is 10.2 Å². The summed E-state index contributed by atoms with van der Waals surface area (Å²) in [5.74, 6) is 0. The molecule has 1 aliphatic rings. The van der Waals surface area contributed by atoms with Crippen molar-refractivity contribution in [1.82, 2.24) is 10.3 Å². The Morgan fingerprint density at radius 3 is 2.76 bits per heavy atom. The van der Waals surface area contributed by atoms with Gasteiger partial charge in [-0.2, -0.15) is 0 Å². The number of rotatable bonds is 6. The van der Waals surface area contributed by atoms with Crippen LogP contribution in [0.1, 0.15) is 19.5 Å². The third-order valence-corrected chi connectivity index (χ3v) is 3.64. The van der Waals surface area contributed by atoms with Crippen LogP contribution in [0, 0.1) is 5.41 Å². The third kappa shape index (κ3) is 2.70. The molecule has 96 valence electrons. The van der Waals surface area contributed by atoms with Crippen LogP contribution in [0.15, 0.2) is 18.3 Å². The van der Waals surface area contributed by atoms with Gasteiger partial charge in [0.2, 0.25) is 0 Å². The molecule has 0 unspecified atom stereocenters. The number of aromatic amines is 1. The monoisotopic (exact) mass is 237 g/mol. The summed E-state index contributed by atoms with van der Waals surface area (Å²) in [6.45, 7) is 8.63. The molecule has 0 radical (unpaired) electrons. The van der Waals surface area contributed by atoms with E-state index in [0.717, 1.165) is 26.3 Å². The molecule has 0 bridgehead atoms. The number of H-pyrrole nitrogens is 1. The normalized spacial score (nSPS) is 19.0. The summed E-state index contributed by atoms with van der Waals surface area (Å²) in [5.41, 5.74) is 7.34. The molecule has 0 atom stereocenters. The zero-order chi connectivity index (χ0) is 12.4. The van der Waals surface area contributed by atoms with Crippen molar-refractivity contribution in [2.45, 2.75) is 19.3 Å². The average molecular weight is 237 g/mol. The van der Waals surface area contributed by atoms with Crippen molar-refractivity contribution in [3.05, 3.63) is 24.0 Å². The van der Waals surface area contributed by atoms with Crippen LogP contribution < -0.4 is 11.1 Å². The molecule has 1 aromatic heterocycles. The van der Waals surface area contributed by atoms with Crippen molar-refractivity contribution in [3.8, 4) is 0 Å². The van der Waals surface area contributed by atoms with Gasteiger partial charge >= 0.3 is 0 Å². The zero-order valence-electron chi connectivity index (χ0n) is 10.8. The molecule has 4 N–H and O–H groups in total. The fourth-order valence-electron chi connectivity index (χ4n) is 2.17. The minimum absolute atomic E-state index is 0.115. The van der Waals surface area contributed by atoms with E-state index in [4.69, 9.17) is 10.5 Å².